The fraction of sp³-hybridized carbons (Fsp3) is 0.105. The Morgan fingerprint density at radius 3 is 2.62 bits per heavy atom. The summed E-state index contributed by atoms with van der Waals surface area (Å²) in [6.07, 6.45) is 0.0350. The lowest BCUT2D eigenvalue weighted by atomic mass is 10.1. The molecule has 2 aromatic carbocycles. The molecule has 4 nitrogen and oxygen atoms in total. The molecule has 0 fully saturated rings. The van der Waals surface area contributed by atoms with Gasteiger partial charge in [-0.05, 0) is 18.2 Å². The quantitative estimate of drug-likeness (QED) is 0.544. The minimum absolute atomic E-state index is 0.0350. The Bertz CT molecular complexity index is 975. The molecule has 0 amide bonds. The summed E-state index contributed by atoms with van der Waals surface area (Å²) < 4.78 is 5.26. The van der Waals surface area contributed by atoms with Gasteiger partial charge in [-0.25, -0.2) is 4.98 Å². The van der Waals surface area contributed by atoms with Crippen LogP contribution in [0.2, 0.25) is 10.0 Å². The molecule has 0 aliphatic heterocycles. The predicted molar refractivity (Wildman–Crippen MR) is 102 cm³/mol. The SMILES string of the molecule is N#Cc1ccccc1COC(=O)Cc1csc(-c2c(Cl)cccc2Cl)n1. The van der Waals surface area contributed by atoms with E-state index in [1.807, 2.05) is 0 Å². The zero-order valence-corrected chi connectivity index (χ0v) is 15.7. The van der Waals surface area contributed by atoms with E-state index in [2.05, 4.69) is 11.1 Å². The smallest absolute Gasteiger partial charge is 0.312 e. The third-order valence-corrected chi connectivity index (χ3v) is 5.12. The number of nitriles is 1. The first-order chi connectivity index (χ1) is 12.6. The van der Waals surface area contributed by atoms with Crippen LogP contribution in [0.5, 0.6) is 0 Å². The maximum absolute atomic E-state index is 12.1. The monoisotopic (exact) mass is 402 g/mol. The Morgan fingerprint density at radius 1 is 1.15 bits per heavy atom. The lowest BCUT2D eigenvalue weighted by molar-refractivity contribution is -0.144. The molecule has 3 rings (SSSR count). The first-order valence-electron chi connectivity index (χ1n) is 7.61. The molecule has 3 aromatic rings. The van der Waals surface area contributed by atoms with Crippen molar-refractivity contribution in [3.8, 4) is 16.6 Å². The second-order valence-corrected chi connectivity index (χ2v) is 7.02. The molecule has 1 heterocycles. The van der Waals surface area contributed by atoms with Crippen molar-refractivity contribution >= 4 is 40.5 Å². The first kappa shape index (κ1) is 18.4. The predicted octanol–water partition coefficient (Wildman–Crippen LogP) is 5.27. The molecular formula is C19H12Cl2N2O2S. The van der Waals surface area contributed by atoms with E-state index in [9.17, 15) is 4.79 Å². The molecular weight excluding hydrogens is 391 g/mol. The molecule has 1 aromatic heterocycles. The zero-order chi connectivity index (χ0) is 18.5. The van der Waals surface area contributed by atoms with Crippen molar-refractivity contribution in [1.82, 2.24) is 4.98 Å². The molecule has 7 heteroatoms. The number of nitrogens with zero attached hydrogens (tertiary/aromatic N) is 2. The number of rotatable bonds is 5. The van der Waals surface area contributed by atoms with E-state index in [4.69, 9.17) is 33.2 Å². The molecule has 0 aliphatic carbocycles. The van der Waals surface area contributed by atoms with Crippen LogP contribution < -0.4 is 0 Å². The highest BCUT2D eigenvalue weighted by Gasteiger charge is 2.15. The van der Waals surface area contributed by atoms with Crippen molar-refractivity contribution in [2.75, 3.05) is 0 Å². The highest BCUT2D eigenvalue weighted by Crippen LogP contribution is 2.36. The highest BCUT2D eigenvalue weighted by molar-refractivity contribution is 7.13. The van der Waals surface area contributed by atoms with Gasteiger partial charge in [-0.15, -0.1) is 11.3 Å². The average Bonchev–Trinajstić information content (AvgIpc) is 3.08. The second-order valence-electron chi connectivity index (χ2n) is 5.35. The van der Waals surface area contributed by atoms with Crippen LogP contribution in [-0.4, -0.2) is 11.0 Å². The molecule has 0 unspecified atom stereocenters. The number of esters is 1. The van der Waals surface area contributed by atoms with Gasteiger partial charge >= 0.3 is 5.97 Å². The van der Waals surface area contributed by atoms with Crippen LogP contribution in [-0.2, 0) is 22.6 Å². The van der Waals surface area contributed by atoms with E-state index in [0.29, 0.717) is 37.4 Å². The van der Waals surface area contributed by atoms with Crippen molar-refractivity contribution < 1.29 is 9.53 Å². The van der Waals surface area contributed by atoms with Gasteiger partial charge in [0.2, 0.25) is 0 Å². The molecule has 0 N–H and O–H groups in total. The lowest BCUT2D eigenvalue weighted by Crippen LogP contribution is -2.09. The number of ether oxygens (including phenoxy) is 1. The maximum atomic E-state index is 12.1. The first-order valence-corrected chi connectivity index (χ1v) is 9.24. The van der Waals surface area contributed by atoms with Gasteiger partial charge in [0.25, 0.3) is 0 Å². The molecule has 0 aliphatic rings. The van der Waals surface area contributed by atoms with Crippen LogP contribution in [0.1, 0.15) is 16.8 Å². The summed E-state index contributed by atoms with van der Waals surface area (Å²) in [4.78, 5) is 16.5. The van der Waals surface area contributed by atoms with E-state index in [-0.39, 0.29) is 13.0 Å². The second kappa shape index (κ2) is 8.33. The van der Waals surface area contributed by atoms with Gasteiger partial charge < -0.3 is 4.74 Å². The number of carbonyl (C=O) groups is 1. The van der Waals surface area contributed by atoms with Crippen molar-refractivity contribution in [3.05, 3.63) is 74.7 Å². The van der Waals surface area contributed by atoms with Crippen LogP contribution in [0.15, 0.2) is 47.8 Å². The summed E-state index contributed by atoms with van der Waals surface area (Å²) in [5, 5.41) is 12.5. The summed E-state index contributed by atoms with van der Waals surface area (Å²) in [6.45, 7) is 0.0515. The van der Waals surface area contributed by atoms with E-state index >= 15 is 0 Å². The van der Waals surface area contributed by atoms with Crippen LogP contribution >= 0.6 is 34.5 Å². The number of halogens is 2. The van der Waals surface area contributed by atoms with Gasteiger partial charge in [-0.2, -0.15) is 5.26 Å². The molecule has 0 atom stereocenters. The normalized spacial score (nSPS) is 10.3. The Kier molecular flexibility index (Phi) is 5.89. The number of benzene rings is 2. The van der Waals surface area contributed by atoms with E-state index in [0.717, 1.165) is 0 Å². The molecule has 0 saturated heterocycles. The summed E-state index contributed by atoms with van der Waals surface area (Å²) in [5.41, 5.74) is 2.40. The molecule has 130 valence electrons. The largest absolute Gasteiger partial charge is 0.460 e. The van der Waals surface area contributed by atoms with Crippen molar-refractivity contribution in [2.24, 2.45) is 0 Å². The van der Waals surface area contributed by atoms with Crippen molar-refractivity contribution in [2.45, 2.75) is 13.0 Å². The molecule has 0 radical (unpaired) electrons. The summed E-state index contributed by atoms with van der Waals surface area (Å²) in [7, 11) is 0. The topological polar surface area (TPSA) is 63.0 Å². The van der Waals surface area contributed by atoms with Crippen LogP contribution in [0, 0.1) is 11.3 Å². The maximum Gasteiger partial charge on any atom is 0.312 e. The Morgan fingerprint density at radius 2 is 1.88 bits per heavy atom. The Labute approximate surface area is 164 Å². The molecule has 26 heavy (non-hydrogen) atoms. The average molecular weight is 403 g/mol. The fourth-order valence-corrected chi connectivity index (χ4v) is 3.90. The minimum atomic E-state index is -0.417. The van der Waals surface area contributed by atoms with E-state index in [1.54, 1.807) is 47.8 Å². The molecule has 0 saturated carbocycles. The Balaban J connectivity index is 1.66. The number of carbonyl (C=O) groups excluding carboxylic acids is 1. The molecule has 0 bridgehead atoms. The van der Waals surface area contributed by atoms with Gasteiger partial charge in [0.15, 0.2) is 0 Å². The van der Waals surface area contributed by atoms with Gasteiger partial charge in [0, 0.05) is 16.5 Å². The summed E-state index contributed by atoms with van der Waals surface area (Å²) in [5.74, 6) is -0.417. The zero-order valence-electron chi connectivity index (χ0n) is 13.4. The highest BCUT2D eigenvalue weighted by atomic mass is 35.5. The standard InChI is InChI=1S/C19H12Cl2N2O2S/c20-15-6-3-7-16(21)18(15)19-23-14(11-26-19)8-17(24)25-10-13-5-2-1-4-12(13)9-22/h1-7,11H,8,10H2. The fourth-order valence-electron chi connectivity index (χ4n) is 2.32. The lowest BCUT2D eigenvalue weighted by Gasteiger charge is -2.05. The third-order valence-electron chi connectivity index (χ3n) is 3.58. The number of aromatic nitrogens is 1. The number of thiazole rings is 1. The van der Waals surface area contributed by atoms with Gasteiger partial charge in [-0.1, -0.05) is 47.5 Å². The van der Waals surface area contributed by atoms with Gasteiger partial charge in [-0.3, -0.25) is 4.79 Å². The van der Waals surface area contributed by atoms with Crippen molar-refractivity contribution in [3.63, 3.8) is 0 Å². The van der Waals surface area contributed by atoms with Crippen LogP contribution in [0.3, 0.4) is 0 Å². The van der Waals surface area contributed by atoms with Gasteiger partial charge in [0.05, 0.1) is 33.8 Å². The van der Waals surface area contributed by atoms with Gasteiger partial charge in [0.1, 0.15) is 11.6 Å². The number of hydrogen-bond donors (Lipinski definition) is 0. The van der Waals surface area contributed by atoms with E-state index in [1.165, 1.54) is 11.3 Å². The van der Waals surface area contributed by atoms with Crippen molar-refractivity contribution in [1.29, 1.82) is 5.26 Å². The Hall–Kier alpha value is -2.39. The van der Waals surface area contributed by atoms with E-state index < -0.39 is 5.97 Å². The third kappa shape index (κ3) is 4.23. The summed E-state index contributed by atoms with van der Waals surface area (Å²) >= 11 is 13.7. The molecule has 0 spiro atoms. The van der Waals surface area contributed by atoms with Crippen LogP contribution in [0.4, 0.5) is 0 Å². The summed E-state index contributed by atoms with van der Waals surface area (Å²) in [6, 6.07) is 14.3. The minimum Gasteiger partial charge on any atom is -0.460 e. The number of hydrogen-bond acceptors (Lipinski definition) is 5. The van der Waals surface area contributed by atoms with Crippen LogP contribution in [0.25, 0.3) is 10.6 Å².